The number of anilines is 2. The molecule has 18 heavy (non-hydrogen) atoms. The Hall–Kier alpha value is -1.00. The molecule has 0 amide bonds. The van der Waals surface area contributed by atoms with Gasteiger partial charge in [-0.15, -0.1) is 0 Å². The van der Waals surface area contributed by atoms with Gasteiger partial charge in [-0.2, -0.15) is 0 Å². The average molecular weight is 272 g/mol. The van der Waals surface area contributed by atoms with E-state index in [1.807, 2.05) is 0 Å². The Morgan fingerprint density at radius 2 is 2.33 bits per heavy atom. The van der Waals surface area contributed by atoms with Crippen LogP contribution in [0.5, 0.6) is 0 Å². The Bertz CT molecular complexity index is 425. The minimum Gasteiger partial charge on any atom is -0.397 e. The second-order valence-corrected chi connectivity index (χ2v) is 5.19. The minimum atomic E-state index is -0.435. The second kappa shape index (κ2) is 5.76. The molecule has 0 spiro atoms. The highest BCUT2D eigenvalue weighted by Crippen LogP contribution is 2.27. The van der Waals surface area contributed by atoms with Gasteiger partial charge in [0.05, 0.1) is 16.4 Å². The van der Waals surface area contributed by atoms with Crippen molar-refractivity contribution >= 4 is 23.0 Å². The Kier molecular flexibility index (Phi) is 4.30. The summed E-state index contributed by atoms with van der Waals surface area (Å²) < 4.78 is 13.3. The molecule has 3 N–H and O–H groups in total. The topological polar surface area (TPSA) is 41.3 Å². The first kappa shape index (κ1) is 13.4. The quantitative estimate of drug-likeness (QED) is 0.828. The SMILES string of the molecule is CCN1CCC(CNc2cc(F)c(Cl)cc2N)C1. The van der Waals surface area contributed by atoms with E-state index in [0.29, 0.717) is 17.3 Å². The van der Waals surface area contributed by atoms with Crippen LogP contribution in [-0.4, -0.2) is 31.1 Å². The van der Waals surface area contributed by atoms with Gasteiger partial charge in [-0.25, -0.2) is 4.39 Å². The van der Waals surface area contributed by atoms with E-state index in [1.165, 1.54) is 18.6 Å². The highest BCUT2D eigenvalue weighted by atomic mass is 35.5. The number of nitrogens with one attached hydrogen (secondary N) is 1. The predicted octanol–water partition coefficient (Wildman–Crippen LogP) is 2.82. The van der Waals surface area contributed by atoms with Crippen molar-refractivity contribution in [3.05, 3.63) is 23.0 Å². The molecule has 100 valence electrons. The van der Waals surface area contributed by atoms with Crippen molar-refractivity contribution in [3.8, 4) is 0 Å². The van der Waals surface area contributed by atoms with Crippen molar-refractivity contribution in [2.75, 3.05) is 37.2 Å². The lowest BCUT2D eigenvalue weighted by Crippen LogP contribution is -2.22. The first-order chi connectivity index (χ1) is 8.60. The molecular formula is C13H19ClFN3. The maximum Gasteiger partial charge on any atom is 0.143 e. The molecule has 1 fully saturated rings. The standard InChI is InChI=1S/C13H19ClFN3/c1-2-18-4-3-9(8-18)7-17-13-6-11(15)10(14)5-12(13)16/h5-6,9,17H,2-4,7-8,16H2,1H3. The van der Waals surface area contributed by atoms with Gasteiger partial charge in [0.1, 0.15) is 5.82 Å². The highest BCUT2D eigenvalue weighted by molar-refractivity contribution is 6.31. The first-order valence-corrected chi connectivity index (χ1v) is 6.68. The number of nitrogens with zero attached hydrogens (tertiary/aromatic N) is 1. The molecule has 1 aromatic rings. The van der Waals surface area contributed by atoms with Crippen LogP contribution in [0.25, 0.3) is 0 Å². The zero-order valence-corrected chi connectivity index (χ0v) is 11.3. The Morgan fingerprint density at radius 3 is 3.00 bits per heavy atom. The lowest BCUT2D eigenvalue weighted by Gasteiger charge is -2.15. The van der Waals surface area contributed by atoms with Gasteiger partial charge >= 0.3 is 0 Å². The normalized spacial score (nSPS) is 20.3. The summed E-state index contributed by atoms with van der Waals surface area (Å²) in [7, 11) is 0. The molecule has 0 aliphatic carbocycles. The molecule has 3 nitrogen and oxygen atoms in total. The number of nitrogen functional groups attached to an aromatic ring is 1. The highest BCUT2D eigenvalue weighted by Gasteiger charge is 2.21. The molecule has 1 atom stereocenters. The number of rotatable bonds is 4. The van der Waals surface area contributed by atoms with Crippen LogP contribution < -0.4 is 11.1 Å². The molecule has 1 aliphatic heterocycles. The van der Waals surface area contributed by atoms with Gasteiger partial charge in [0.15, 0.2) is 0 Å². The molecule has 1 aromatic carbocycles. The lowest BCUT2D eigenvalue weighted by molar-refractivity contribution is 0.345. The molecule has 1 heterocycles. The van der Waals surface area contributed by atoms with Crippen molar-refractivity contribution in [3.63, 3.8) is 0 Å². The van der Waals surface area contributed by atoms with E-state index in [-0.39, 0.29) is 5.02 Å². The number of hydrogen-bond donors (Lipinski definition) is 2. The third-order valence-corrected chi connectivity index (χ3v) is 3.78. The fourth-order valence-corrected chi connectivity index (χ4v) is 2.51. The van der Waals surface area contributed by atoms with Gasteiger partial charge in [-0.3, -0.25) is 0 Å². The van der Waals surface area contributed by atoms with Crippen molar-refractivity contribution in [1.29, 1.82) is 0 Å². The van der Waals surface area contributed by atoms with Crippen LogP contribution in [0.3, 0.4) is 0 Å². The van der Waals surface area contributed by atoms with Crippen LogP contribution in [0.2, 0.25) is 5.02 Å². The van der Waals surface area contributed by atoms with Crippen molar-refractivity contribution in [2.45, 2.75) is 13.3 Å². The molecule has 0 saturated carbocycles. The summed E-state index contributed by atoms with van der Waals surface area (Å²) in [5.41, 5.74) is 6.93. The summed E-state index contributed by atoms with van der Waals surface area (Å²) in [5, 5.41) is 3.28. The molecule has 1 unspecified atom stereocenters. The van der Waals surface area contributed by atoms with E-state index >= 15 is 0 Å². The van der Waals surface area contributed by atoms with Gasteiger partial charge in [-0.05, 0) is 31.5 Å². The van der Waals surface area contributed by atoms with Gasteiger partial charge < -0.3 is 16.0 Å². The fraction of sp³-hybridized carbons (Fsp3) is 0.538. The number of nitrogens with two attached hydrogens (primary N) is 1. The van der Waals surface area contributed by atoms with Crippen molar-refractivity contribution in [2.24, 2.45) is 5.92 Å². The maximum absolute atomic E-state index is 13.3. The smallest absolute Gasteiger partial charge is 0.143 e. The van der Waals surface area contributed by atoms with Crippen molar-refractivity contribution < 1.29 is 4.39 Å². The van der Waals surface area contributed by atoms with E-state index in [9.17, 15) is 4.39 Å². The molecule has 2 rings (SSSR count). The maximum atomic E-state index is 13.3. The summed E-state index contributed by atoms with van der Waals surface area (Å²) in [6, 6.07) is 2.82. The minimum absolute atomic E-state index is 0.0658. The third-order valence-electron chi connectivity index (χ3n) is 3.49. The van der Waals surface area contributed by atoms with E-state index in [2.05, 4.69) is 17.1 Å². The van der Waals surface area contributed by atoms with Gasteiger partial charge in [0, 0.05) is 19.2 Å². The first-order valence-electron chi connectivity index (χ1n) is 6.31. The zero-order valence-electron chi connectivity index (χ0n) is 10.5. The molecule has 1 saturated heterocycles. The molecule has 5 heteroatoms. The van der Waals surface area contributed by atoms with E-state index < -0.39 is 5.82 Å². The molecule has 0 aromatic heterocycles. The predicted molar refractivity (Wildman–Crippen MR) is 74.5 cm³/mol. The van der Waals surface area contributed by atoms with Gasteiger partial charge in [0.25, 0.3) is 0 Å². The average Bonchev–Trinajstić information content (AvgIpc) is 2.80. The van der Waals surface area contributed by atoms with Crippen LogP contribution >= 0.6 is 11.6 Å². The number of likely N-dealkylation sites (tertiary alicyclic amines) is 1. The van der Waals surface area contributed by atoms with Crippen LogP contribution in [0.15, 0.2) is 12.1 Å². The van der Waals surface area contributed by atoms with Crippen LogP contribution in [0.4, 0.5) is 15.8 Å². The van der Waals surface area contributed by atoms with Crippen molar-refractivity contribution in [1.82, 2.24) is 4.90 Å². The van der Waals surface area contributed by atoms with E-state index in [0.717, 1.165) is 26.2 Å². The zero-order chi connectivity index (χ0) is 13.1. The second-order valence-electron chi connectivity index (χ2n) is 4.78. The van der Waals surface area contributed by atoms with Gasteiger partial charge in [-0.1, -0.05) is 18.5 Å². The Morgan fingerprint density at radius 1 is 1.56 bits per heavy atom. The molecular weight excluding hydrogens is 253 g/mol. The summed E-state index contributed by atoms with van der Waals surface area (Å²) in [5.74, 6) is 0.165. The lowest BCUT2D eigenvalue weighted by atomic mass is 10.1. The largest absolute Gasteiger partial charge is 0.397 e. The number of benzene rings is 1. The summed E-state index contributed by atoms with van der Waals surface area (Å²) in [4.78, 5) is 2.41. The third kappa shape index (κ3) is 3.06. The number of hydrogen-bond acceptors (Lipinski definition) is 3. The summed E-state index contributed by atoms with van der Waals surface area (Å²) in [6.45, 7) is 6.32. The monoisotopic (exact) mass is 271 g/mol. The Balaban J connectivity index is 1.93. The number of halogens is 2. The van der Waals surface area contributed by atoms with E-state index in [4.69, 9.17) is 17.3 Å². The molecule has 0 radical (unpaired) electrons. The molecule has 1 aliphatic rings. The molecule has 0 bridgehead atoms. The summed E-state index contributed by atoms with van der Waals surface area (Å²) >= 11 is 5.66. The Labute approximate surface area is 112 Å². The van der Waals surface area contributed by atoms with Crippen LogP contribution in [-0.2, 0) is 0 Å². The van der Waals surface area contributed by atoms with E-state index in [1.54, 1.807) is 0 Å². The van der Waals surface area contributed by atoms with Crippen LogP contribution in [0.1, 0.15) is 13.3 Å². The van der Waals surface area contributed by atoms with Crippen LogP contribution in [0, 0.1) is 11.7 Å². The summed E-state index contributed by atoms with van der Waals surface area (Å²) in [6.07, 6.45) is 1.18. The fourth-order valence-electron chi connectivity index (χ4n) is 2.34. The van der Waals surface area contributed by atoms with Gasteiger partial charge in [0.2, 0.25) is 0 Å².